The summed E-state index contributed by atoms with van der Waals surface area (Å²) >= 11 is 0. The smallest absolute Gasteiger partial charge is 0.338 e. The molecule has 0 aromatic heterocycles. The van der Waals surface area contributed by atoms with Crippen molar-refractivity contribution in [2.75, 3.05) is 13.2 Å². The van der Waals surface area contributed by atoms with Crippen LogP contribution in [0.4, 0.5) is 0 Å². The van der Waals surface area contributed by atoms with Crippen LogP contribution >= 0.6 is 0 Å². The SMILES string of the molecule is CCOC(=O)c1ccc(OCCCCc2ccccc2)cc1. The Kier molecular flexibility index (Phi) is 6.49. The average molecular weight is 298 g/mol. The molecule has 0 spiro atoms. The van der Waals surface area contributed by atoms with Crippen molar-refractivity contribution in [2.45, 2.75) is 26.2 Å². The monoisotopic (exact) mass is 298 g/mol. The van der Waals surface area contributed by atoms with Gasteiger partial charge in [0.05, 0.1) is 18.8 Å². The fraction of sp³-hybridized carbons (Fsp3) is 0.316. The molecule has 0 atom stereocenters. The quantitative estimate of drug-likeness (QED) is 0.539. The molecule has 0 heterocycles. The Morgan fingerprint density at radius 2 is 1.68 bits per heavy atom. The Labute approximate surface area is 131 Å². The summed E-state index contributed by atoms with van der Waals surface area (Å²) < 4.78 is 10.6. The van der Waals surface area contributed by atoms with E-state index in [4.69, 9.17) is 9.47 Å². The van der Waals surface area contributed by atoms with E-state index in [2.05, 4.69) is 24.3 Å². The third-order valence-corrected chi connectivity index (χ3v) is 3.34. The minimum atomic E-state index is -0.295. The highest BCUT2D eigenvalue weighted by Gasteiger charge is 2.05. The van der Waals surface area contributed by atoms with Gasteiger partial charge in [-0.2, -0.15) is 0 Å². The third kappa shape index (κ3) is 5.24. The van der Waals surface area contributed by atoms with Crippen molar-refractivity contribution in [3.05, 3.63) is 65.7 Å². The van der Waals surface area contributed by atoms with E-state index in [1.54, 1.807) is 19.1 Å². The van der Waals surface area contributed by atoms with Crippen molar-refractivity contribution in [3.8, 4) is 5.75 Å². The molecule has 0 fully saturated rings. The largest absolute Gasteiger partial charge is 0.494 e. The summed E-state index contributed by atoms with van der Waals surface area (Å²) in [7, 11) is 0. The van der Waals surface area contributed by atoms with Gasteiger partial charge in [0.1, 0.15) is 5.75 Å². The number of hydrogen-bond donors (Lipinski definition) is 0. The Morgan fingerprint density at radius 1 is 0.955 bits per heavy atom. The normalized spacial score (nSPS) is 10.2. The molecule has 0 amide bonds. The van der Waals surface area contributed by atoms with Crippen LogP contribution in [0.2, 0.25) is 0 Å². The molecule has 0 aliphatic rings. The van der Waals surface area contributed by atoms with Crippen LogP contribution in [0.15, 0.2) is 54.6 Å². The molecule has 0 N–H and O–H groups in total. The van der Waals surface area contributed by atoms with Gasteiger partial charge in [0.25, 0.3) is 0 Å². The second kappa shape index (κ2) is 8.88. The van der Waals surface area contributed by atoms with Gasteiger partial charge in [-0.3, -0.25) is 0 Å². The lowest BCUT2D eigenvalue weighted by atomic mass is 10.1. The van der Waals surface area contributed by atoms with Crippen LogP contribution in [0.3, 0.4) is 0 Å². The number of rotatable bonds is 8. The molecule has 0 saturated carbocycles. The van der Waals surface area contributed by atoms with Gasteiger partial charge in [-0.25, -0.2) is 4.79 Å². The number of hydrogen-bond acceptors (Lipinski definition) is 3. The van der Waals surface area contributed by atoms with Crippen LogP contribution in [0.25, 0.3) is 0 Å². The maximum absolute atomic E-state index is 11.5. The van der Waals surface area contributed by atoms with E-state index in [0.29, 0.717) is 18.8 Å². The molecule has 0 saturated heterocycles. The summed E-state index contributed by atoms with van der Waals surface area (Å²) in [4.78, 5) is 11.5. The maximum atomic E-state index is 11.5. The molecule has 2 rings (SSSR count). The number of unbranched alkanes of at least 4 members (excludes halogenated alkanes) is 1. The van der Waals surface area contributed by atoms with E-state index in [0.717, 1.165) is 25.0 Å². The zero-order valence-electron chi connectivity index (χ0n) is 13.0. The summed E-state index contributed by atoms with van der Waals surface area (Å²) in [5.74, 6) is 0.490. The highest BCUT2D eigenvalue weighted by atomic mass is 16.5. The molecule has 2 aromatic rings. The first-order valence-electron chi connectivity index (χ1n) is 7.73. The summed E-state index contributed by atoms with van der Waals surface area (Å²) in [6, 6.07) is 17.5. The molecular weight excluding hydrogens is 276 g/mol. The summed E-state index contributed by atoms with van der Waals surface area (Å²) in [5.41, 5.74) is 1.92. The number of benzene rings is 2. The van der Waals surface area contributed by atoms with Gasteiger partial charge in [-0.15, -0.1) is 0 Å². The van der Waals surface area contributed by atoms with Crippen LogP contribution in [0.1, 0.15) is 35.7 Å². The number of carbonyl (C=O) groups excluding carboxylic acids is 1. The van der Waals surface area contributed by atoms with Crippen LogP contribution in [-0.2, 0) is 11.2 Å². The highest BCUT2D eigenvalue weighted by molar-refractivity contribution is 5.89. The molecule has 0 bridgehead atoms. The molecule has 2 aromatic carbocycles. The molecule has 0 aliphatic carbocycles. The summed E-state index contributed by atoms with van der Waals surface area (Å²) in [6.07, 6.45) is 3.19. The maximum Gasteiger partial charge on any atom is 0.338 e. The molecule has 3 nitrogen and oxygen atoms in total. The summed E-state index contributed by atoms with van der Waals surface area (Å²) in [6.45, 7) is 2.87. The molecule has 3 heteroatoms. The average Bonchev–Trinajstić information content (AvgIpc) is 2.56. The number of esters is 1. The van der Waals surface area contributed by atoms with Crippen molar-refractivity contribution < 1.29 is 14.3 Å². The van der Waals surface area contributed by atoms with Gasteiger partial charge in [0.2, 0.25) is 0 Å². The topological polar surface area (TPSA) is 35.5 Å². The molecule has 116 valence electrons. The van der Waals surface area contributed by atoms with Gasteiger partial charge < -0.3 is 9.47 Å². The molecule has 0 aliphatic heterocycles. The van der Waals surface area contributed by atoms with E-state index in [1.165, 1.54) is 5.56 Å². The Morgan fingerprint density at radius 3 is 2.36 bits per heavy atom. The van der Waals surface area contributed by atoms with Crippen LogP contribution in [-0.4, -0.2) is 19.2 Å². The second-order valence-electron chi connectivity index (χ2n) is 5.04. The zero-order valence-corrected chi connectivity index (χ0v) is 13.0. The Balaban J connectivity index is 1.68. The zero-order chi connectivity index (χ0) is 15.6. The lowest BCUT2D eigenvalue weighted by Crippen LogP contribution is -2.04. The standard InChI is InChI=1S/C19H22O3/c1-2-21-19(20)17-11-13-18(14-12-17)22-15-7-6-10-16-8-4-3-5-9-16/h3-5,8-9,11-14H,2,6-7,10,15H2,1H3. The van der Waals surface area contributed by atoms with E-state index in [9.17, 15) is 4.79 Å². The lowest BCUT2D eigenvalue weighted by Gasteiger charge is -2.07. The first-order chi connectivity index (χ1) is 10.8. The third-order valence-electron chi connectivity index (χ3n) is 3.34. The van der Waals surface area contributed by atoms with Gasteiger partial charge in [-0.1, -0.05) is 30.3 Å². The number of ether oxygens (including phenoxy) is 2. The molecular formula is C19H22O3. The van der Waals surface area contributed by atoms with E-state index in [-0.39, 0.29) is 5.97 Å². The van der Waals surface area contributed by atoms with Crippen molar-refractivity contribution in [1.29, 1.82) is 0 Å². The van der Waals surface area contributed by atoms with Crippen LogP contribution in [0.5, 0.6) is 5.75 Å². The van der Waals surface area contributed by atoms with Gasteiger partial charge in [0.15, 0.2) is 0 Å². The molecule has 22 heavy (non-hydrogen) atoms. The van der Waals surface area contributed by atoms with E-state index >= 15 is 0 Å². The van der Waals surface area contributed by atoms with Gasteiger partial charge in [0, 0.05) is 0 Å². The first kappa shape index (κ1) is 16.1. The molecule has 0 unspecified atom stereocenters. The second-order valence-corrected chi connectivity index (χ2v) is 5.04. The molecule has 0 radical (unpaired) electrons. The highest BCUT2D eigenvalue weighted by Crippen LogP contribution is 2.14. The number of carbonyl (C=O) groups is 1. The predicted molar refractivity (Wildman–Crippen MR) is 87.3 cm³/mol. The van der Waals surface area contributed by atoms with E-state index < -0.39 is 0 Å². The van der Waals surface area contributed by atoms with Crippen molar-refractivity contribution in [1.82, 2.24) is 0 Å². The Bertz CT molecular complexity index is 561. The lowest BCUT2D eigenvalue weighted by molar-refractivity contribution is 0.0526. The minimum absolute atomic E-state index is 0.295. The fourth-order valence-corrected chi connectivity index (χ4v) is 2.17. The minimum Gasteiger partial charge on any atom is -0.494 e. The van der Waals surface area contributed by atoms with Crippen LogP contribution in [0, 0.1) is 0 Å². The predicted octanol–water partition coefficient (Wildman–Crippen LogP) is 4.27. The fourth-order valence-electron chi connectivity index (χ4n) is 2.17. The van der Waals surface area contributed by atoms with Crippen molar-refractivity contribution in [2.24, 2.45) is 0 Å². The Hall–Kier alpha value is -2.29. The first-order valence-corrected chi connectivity index (χ1v) is 7.73. The number of aryl methyl sites for hydroxylation is 1. The van der Waals surface area contributed by atoms with Gasteiger partial charge >= 0.3 is 5.97 Å². The van der Waals surface area contributed by atoms with Crippen molar-refractivity contribution >= 4 is 5.97 Å². The van der Waals surface area contributed by atoms with Crippen LogP contribution < -0.4 is 4.74 Å². The van der Waals surface area contributed by atoms with Crippen molar-refractivity contribution in [3.63, 3.8) is 0 Å². The van der Waals surface area contributed by atoms with E-state index in [1.807, 2.05) is 18.2 Å². The van der Waals surface area contributed by atoms with Gasteiger partial charge in [-0.05, 0) is 56.0 Å². The summed E-state index contributed by atoms with van der Waals surface area (Å²) in [5, 5.41) is 0.